The van der Waals surface area contributed by atoms with Crippen LogP contribution in [-0.4, -0.2) is 11.5 Å². The summed E-state index contributed by atoms with van der Waals surface area (Å²) in [4.78, 5) is 8.23. The molecule has 0 rings (SSSR count). The molecule has 0 aliphatic rings. The van der Waals surface area contributed by atoms with Gasteiger partial charge >= 0.3 is 8.25 Å². The zero-order valence-corrected chi connectivity index (χ0v) is 9.71. The fourth-order valence-electron chi connectivity index (χ4n) is 0.688. The van der Waals surface area contributed by atoms with Crippen LogP contribution in [0.5, 0.6) is 0 Å². The van der Waals surface area contributed by atoms with Crippen LogP contribution in [0.15, 0.2) is 0 Å². The van der Waals surface area contributed by atoms with Crippen molar-refractivity contribution in [1.29, 1.82) is 0 Å². The van der Waals surface area contributed by atoms with E-state index in [2.05, 4.69) is 11.4 Å². The van der Waals surface area contributed by atoms with Crippen molar-refractivity contribution in [3.05, 3.63) is 0 Å². The van der Waals surface area contributed by atoms with Gasteiger partial charge in [0.05, 0.1) is 6.61 Å². The van der Waals surface area contributed by atoms with Gasteiger partial charge in [-0.1, -0.05) is 26.2 Å². The summed E-state index contributed by atoms with van der Waals surface area (Å²) in [6.07, 6.45) is 4.33. The van der Waals surface area contributed by atoms with Crippen LogP contribution in [0.3, 0.4) is 0 Å². The van der Waals surface area contributed by atoms with Gasteiger partial charge in [0, 0.05) is 21.1 Å². The molecule has 0 aromatic heterocycles. The van der Waals surface area contributed by atoms with Crippen molar-refractivity contribution in [2.45, 2.75) is 32.6 Å². The molecule has 11 heavy (non-hydrogen) atoms. The van der Waals surface area contributed by atoms with Gasteiger partial charge in [-0.2, -0.15) is 0 Å². The van der Waals surface area contributed by atoms with E-state index in [-0.39, 0.29) is 21.1 Å². The van der Waals surface area contributed by atoms with Crippen LogP contribution in [0, 0.1) is 0 Å². The number of rotatable bonds is 6. The first kappa shape index (κ1) is 14.4. The first-order valence-electron chi connectivity index (χ1n) is 3.63. The average molecular weight is 262 g/mol. The molecule has 0 radical (unpaired) electrons. The zero-order valence-electron chi connectivity index (χ0n) is 6.71. The van der Waals surface area contributed by atoms with E-state index in [4.69, 9.17) is 4.89 Å². The molecular weight excluding hydrogens is 247 g/mol. The van der Waals surface area contributed by atoms with Crippen LogP contribution in [-0.2, 0) is 30.2 Å². The van der Waals surface area contributed by atoms with Gasteiger partial charge in [0.1, 0.15) is 0 Å². The third-order valence-electron chi connectivity index (χ3n) is 1.22. The fraction of sp³-hybridized carbons (Fsp3) is 1.00. The third kappa shape index (κ3) is 13.8. The molecule has 0 aliphatic carbocycles. The Labute approximate surface area is 82.7 Å². The van der Waals surface area contributed by atoms with Gasteiger partial charge in [0.15, 0.2) is 0 Å². The smallest absolute Gasteiger partial charge is 0.316 e. The molecule has 1 N–H and O–H groups in total. The van der Waals surface area contributed by atoms with E-state index < -0.39 is 8.25 Å². The normalized spacial score (nSPS) is 12.2. The maximum absolute atomic E-state index is 9.99. The summed E-state index contributed by atoms with van der Waals surface area (Å²) in [6, 6.07) is 0. The Kier molecular flexibility index (Phi) is 14.2. The molecule has 0 heterocycles. The second-order valence-corrected chi connectivity index (χ2v) is 3.00. The molecule has 1 unspecified atom stereocenters. The summed E-state index contributed by atoms with van der Waals surface area (Å²) < 4.78 is 14.5. The Morgan fingerprint density at radius 2 is 2.00 bits per heavy atom. The van der Waals surface area contributed by atoms with E-state index in [0.29, 0.717) is 6.61 Å². The third-order valence-corrected chi connectivity index (χ3v) is 1.67. The monoisotopic (exact) mass is 264 g/mol. The molecule has 3 nitrogen and oxygen atoms in total. The second-order valence-electron chi connectivity index (χ2n) is 2.18. The van der Waals surface area contributed by atoms with E-state index in [0.717, 1.165) is 12.8 Å². The standard InChI is InChI=1S/C6H15O3P.Mo/c1-2-3-4-5-6-9-10(7)8;/h10H,2-6H2,1H3,(H,7,8);. The van der Waals surface area contributed by atoms with Crippen LogP contribution in [0.2, 0.25) is 0 Å². The van der Waals surface area contributed by atoms with E-state index in [1.54, 1.807) is 0 Å². The zero-order chi connectivity index (χ0) is 7.82. The Morgan fingerprint density at radius 3 is 2.45 bits per heavy atom. The van der Waals surface area contributed by atoms with E-state index in [1.807, 2.05) is 0 Å². The molecule has 0 aromatic carbocycles. The summed E-state index contributed by atoms with van der Waals surface area (Å²) in [7, 11) is -2.67. The van der Waals surface area contributed by atoms with Gasteiger partial charge < -0.3 is 9.42 Å². The van der Waals surface area contributed by atoms with Crippen LogP contribution in [0.25, 0.3) is 0 Å². The first-order valence-corrected chi connectivity index (χ1v) is 4.89. The minimum Gasteiger partial charge on any atom is -0.326 e. The van der Waals surface area contributed by atoms with E-state index >= 15 is 0 Å². The molecule has 0 aliphatic heterocycles. The van der Waals surface area contributed by atoms with Gasteiger partial charge in [-0.15, -0.1) is 0 Å². The van der Waals surface area contributed by atoms with Crippen molar-refractivity contribution >= 4 is 8.25 Å². The van der Waals surface area contributed by atoms with Gasteiger partial charge in [0.25, 0.3) is 0 Å². The van der Waals surface area contributed by atoms with Gasteiger partial charge in [0.2, 0.25) is 0 Å². The quantitative estimate of drug-likeness (QED) is 0.452. The van der Waals surface area contributed by atoms with Crippen LogP contribution >= 0.6 is 8.25 Å². The van der Waals surface area contributed by atoms with E-state index in [1.165, 1.54) is 12.8 Å². The number of hydrogen-bond acceptors (Lipinski definition) is 2. The Morgan fingerprint density at radius 1 is 1.36 bits per heavy atom. The van der Waals surface area contributed by atoms with Gasteiger partial charge in [-0.05, 0) is 6.42 Å². The maximum Gasteiger partial charge on any atom is 0.316 e. The molecule has 0 amide bonds. The average Bonchev–Trinajstić information content (AvgIpc) is 1.87. The minimum absolute atomic E-state index is 0. The predicted molar refractivity (Wildman–Crippen MR) is 41.3 cm³/mol. The molecule has 0 bridgehead atoms. The molecule has 1 atom stereocenters. The van der Waals surface area contributed by atoms with E-state index in [9.17, 15) is 4.57 Å². The first-order chi connectivity index (χ1) is 4.77. The predicted octanol–water partition coefficient (Wildman–Crippen LogP) is 1.96. The van der Waals surface area contributed by atoms with Crippen molar-refractivity contribution in [3.63, 3.8) is 0 Å². The summed E-state index contributed by atoms with van der Waals surface area (Å²) in [5, 5.41) is 0. The number of hydrogen-bond donors (Lipinski definition) is 1. The van der Waals surface area contributed by atoms with Crippen molar-refractivity contribution in [2.75, 3.05) is 6.61 Å². The maximum atomic E-state index is 9.99. The van der Waals surface area contributed by atoms with Gasteiger partial charge in [-0.3, -0.25) is 4.57 Å². The largest absolute Gasteiger partial charge is 0.326 e. The molecule has 0 saturated heterocycles. The summed E-state index contributed by atoms with van der Waals surface area (Å²) in [6.45, 7) is 2.55. The number of unbranched alkanes of at least 4 members (excludes halogenated alkanes) is 3. The molecule has 0 saturated carbocycles. The van der Waals surface area contributed by atoms with Crippen LogP contribution < -0.4 is 0 Å². The Bertz CT molecular complexity index is 99.8. The summed E-state index contributed by atoms with van der Waals surface area (Å²) in [5.74, 6) is 0. The molecular formula is C6H15MoO3P. The fourth-order valence-corrected chi connectivity index (χ4v) is 1.01. The molecule has 68 valence electrons. The topological polar surface area (TPSA) is 46.5 Å². The van der Waals surface area contributed by atoms with Crippen molar-refractivity contribution in [2.24, 2.45) is 0 Å². The Balaban J connectivity index is 0. The van der Waals surface area contributed by atoms with Crippen molar-refractivity contribution < 1.29 is 35.0 Å². The molecule has 0 spiro atoms. The van der Waals surface area contributed by atoms with Crippen LogP contribution in [0.1, 0.15) is 32.6 Å². The van der Waals surface area contributed by atoms with Crippen molar-refractivity contribution in [3.8, 4) is 0 Å². The molecule has 0 aromatic rings. The SMILES string of the molecule is CCCCCCO[PH](=O)O.[Mo]. The Hall–Kier alpha value is 0.838. The molecule has 0 fully saturated rings. The van der Waals surface area contributed by atoms with Crippen LogP contribution in [0.4, 0.5) is 0 Å². The minimum atomic E-state index is -2.67. The van der Waals surface area contributed by atoms with Crippen molar-refractivity contribution in [1.82, 2.24) is 0 Å². The summed E-state index contributed by atoms with van der Waals surface area (Å²) >= 11 is 0. The molecule has 5 heteroatoms. The van der Waals surface area contributed by atoms with Gasteiger partial charge in [-0.25, -0.2) is 0 Å². The summed E-state index contributed by atoms with van der Waals surface area (Å²) in [5.41, 5.74) is 0. The second kappa shape index (κ2) is 10.8.